The van der Waals surface area contributed by atoms with E-state index in [4.69, 9.17) is 9.05 Å². The number of rotatable bonds is 10. The van der Waals surface area contributed by atoms with Gasteiger partial charge in [0.1, 0.15) is 24.4 Å². The van der Waals surface area contributed by atoms with Crippen LogP contribution in [0.15, 0.2) is 94.0 Å². The fourth-order valence-electron chi connectivity index (χ4n) is 6.38. The Kier molecular flexibility index (Phi) is 9.04. The van der Waals surface area contributed by atoms with E-state index in [2.05, 4.69) is 20.3 Å². The number of benzene rings is 3. The van der Waals surface area contributed by atoms with Crippen LogP contribution in [-0.4, -0.2) is 67.3 Å². The Bertz CT molecular complexity index is 1710. The Balaban J connectivity index is 1.00. The van der Waals surface area contributed by atoms with Gasteiger partial charge in [0.15, 0.2) is 11.6 Å². The summed E-state index contributed by atoms with van der Waals surface area (Å²) in [4.78, 5) is 38.9. The number of carbonyl (C=O) groups is 2. The van der Waals surface area contributed by atoms with Crippen molar-refractivity contribution in [3.63, 3.8) is 0 Å². The number of hydrogen-bond acceptors (Lipinski definition) is 8. The van der Waals surface area contributed by atoms with E-state index in [1.165, 1.54) is 34.1 Å². The molecule has 0 bridgehead atoms. The summed E-state index contributed by atoms with van der Waals surface area (Å²) in [6.07, 6.45) is 0.141. The minimum absolute atomic E-state index is 0.0486. The fraction of sp³-hybridized carbons (Fsp3) is 0.333. The molecule has 10 nitrogen and oxygen atoms in total. The van der Waals surface area contributed by atoms with Gasteiger partial charge in [0.25, 0.3) is 11.8 Å². The van der Waals surface area contributed by atoms with Crippen LogP contribution in [0.25, 0.3) is 0 Å². The molecular formula is C36H34F2N6O4. The van der Waals surface area contributed by atoms with E-state index < -0.39 is 36.2 Å². The lowest BCUT2D eigenvalue weighted by molar-refractivity contribution is 0.0693. The van der Waals surface area contributed by atoms with E-state index in [0.29, 0.717) is 24.5 Å². The summed E-state index contributed by atoms with van der Waals surface area (Å²) in [6.45, 7) is -0.229. The topological polar surface area (TPSA) is 118 Å². The Morgan fingerprint density at radius 3 is 1.40 bits per heavy atom. The maximum Gasteiger partial charge on any atom is 0.254 e. The molecule has 2 amide bonds. The van der Waals surface area contributed by atoms with Gasteiger partial charge in [-0.25, -0.2) is 8.78 Å². The number of alkyl halides is 2. The van der Waals surface area contributed by atoms with Crippen LogP contribution >= 0.6 is 0 Å². The number of carbonyl (C=O) groups excluding carboxylic acids is 2. The molecule has 0 N–H and O–H groups in total. The number of aryl methyl sites for hydroxylation is 4. The fourth-order valence-corrected chi connectivity index (χ4v) is 6.38. The average molecular weight is 653 g/mol. The molecule has 2 aliphatic rings. The molecule has 12 heteroatoms. The largest absolute Gasteiger partial charge is 0.337 e. The van der Waals surface area contributed by atoms with Gasteiger partial charge in [-0.15, -0.1) is 0 Å². The van der Waals surface area contributed by atoms with Crippen LogP contribution < -0.4 is 0 Å². The lowest BCUT2D eigenvalue weighted by Crippen LogP contribution is -2.32. The second kappa shape index (κ2) is 13.8. The summed E-state index contributed by atoms with van der Waals surface area (Å²) in [5, 5.41) is 8.12. The van der Waals surface area contributed by atoms with Crippen molar-refractivity contribution in [1.82, 2.24) is 30.1 Å². The average Bonchev–Trinajstić information content (AvgIpc) is 3.93. The number of amides is 2. The highest BCUT2D eigenvalue weighted by Gasteiger charge is 2.41. The Morgan fingerprint density at radius 2 is 1.00 bits per heavy atom. The minimum Gasteiger partial charge on any atom is -0.337 e. The zero-order valence-electron chi connectivity index (χ0n) is 26.1. The summed E-state index contributed by atoms with van der Waals surface area (Å²) >= 11 is 0. The molecule has 246 valence electrons. The molecule has 2 fully saturated rings. The molecule has 0 aliphatic carbocycles. The van der Waals surface area contributed by atoms with Gasteiger partial charge in [-0.05, 0) is 48.2 Å². The molecule has 0 radical (unpaired) electrons. The third-order valence-electron chi connectivity index (χ3n) is 8.90. The highest BCUT2D eigenvalue weighted by atomic mass is 19.1. The van der Waals surface area contributed by atoms with E-state index in [-0.39, 0.29) is 48.8 Å². The first-order chi connectivity index (χ1) is 23.4. The van der Waals surface area contributed by atoms with Crippen LogP contribution in [-0.2, 0) is 25.7 Å². The van der Waals surface area contributed by atoms with Crippen LogP contribution in [0.2, 0.25) is 0 Å². The summed E-state index contributed by atoms with van der Waals surface area (Å²) in [5.41, 5.74) is 2.82. The maximum atomic E-state index is 14.7. The minimum atomic E-state index is -1.25. The second-order valence-electron chi connectivity index (χ2n) is 12.3. The van der Waals surface area contributed by atoms with Crippen LogP contribution in [0.4, 0.5) is 8.78 Å². The van der Waals surface area contributed by atoms with E-state index in [9.17, 15) is 18.4 Å². The third kappa shape index (κ3) is 6.87. The van der Waals surface area contributed by atoms with Gasteiger partial charge in [0.2, 0.25) is 11.8 Å². The Hall–Kier alpha value is -5.26. The van der Waals surface area contributed by atoms with Gasteiger partial charge in [-0.1, -0.05) is 71.0 Å². The van der Waals surface area contributed by atoms with Crippen LogP contribution in [0.5, 0.6) is 0 Å². The number of likely N-dealkylation sites (tertiary alicyclic amines) is 2. The maximum absolute atomic E-state index is 14.7. The zero-order valence-corrected chi connectivity index (χ0v) is 26.1. The molecule has 2 saturated heterocycles. The molecule has 0 spiro atoms. The van der Waals surface area contributed by atoms with Crippen molar-refractivity contribution in [2.45, 2.75) is 63.0 Å². The summed E-state index contributed by atoms with van der Waals surface area (Å²) in [5.74, 6) is 0.545. The first kappa shape index (κ1) is 31.3. The van der Waals surface area contributed by atoms with E-state index >= 15 is 0 Å². The molecule has 4 atom stereocenters. The lowest BCUT2D eigenvalue weighted by Gasteiger charge is -2.23. The summed E-state index contributed by atoms with van der Waals surface area (Å²) in [6, 6.07) is 24.5. The lowest BCUT2D eigenvalue weighted by atomic mass is 10.1. The van der Waals surface area contributed by atoms with Crippen molar-refractivity contribution in [1.29, 1.82) is 0 Å². The van der Waals surface area contributed by atoms with Crippen molar-refractivity contribution in [3.8, 4) is 0 Å². The SMILES string of the molecule is O=C(c1ccc(C(=O)N2C[C@H](F)C[C@H]2c2nc(CCc3ccccc3)no2)cc1)N1C[C@H](F)C[C@H]1c1nc(CCc2ccccc2)no1. The molecule has 2 aliphatic heterocycles. The number of hydrogen-bond donors (Lipinski definition) is 0. The highest BCUT2D eigenvalue weighted by molar-refractivity contribution is 5.98. The van der Waals surface area contributed by atoms with E-state index in [1.54, 1.807) is 0 Å². The Labute approximate surface area is 275 Å². The van der Waals surface area contributed by atoms with Gasteiger partial charge in [0, 0.05) is 36.8 Å². The predicted octanol–water partition coefficient (Wildman–Crippen LogP) is 5.87. The molecule has 48 heavy (non-hydrogen) atoms. The summed E-state index contributed by atoms with van der Waals surface area (Å²) < 4.78 is 40.3. The van der Waals surface area contributed by atoms with Crippen LogP contribution in [0.3, 0.4) is 0 Å². The normalized spacial score (nSPS) is 20.8. The first-order valence-electron chi connectivity index (χ1n) is 16.1. The number of halogens is 2. The number of nitrogens with zero attached hydrogens (tertiary/aromatic N) is 6. The molecule has 4 heterocycles. The quantitative estimate of drug-likeness (QED) is 0.184. The first-order valence-corrected chi connectivity index (χ1v) is 16.1. The van der Waals surface area contributed by atoms with Crippen molar-refractivity contribution in [2.24, 2.45) is 0 Å². The monoisotopic (exact) mass is 652 g/mol. The van der Waals surface area contributed by atoms with Gasteiger partial charge < -0.3 is 18.8 Å². The van der Waals surface area contributed by atoms with Gasteiger partial charge in [0.05, 0.1) is 13.1 Å². The summed E-state index contributed by atoms with van der Waals surface area (Å²) in [7, 11) is 0. The predicted molar refractivity (Wildman–Crippen MR) is 169 cm³/mol. The second-order valence-corrected chi connectivity index (χ2v) is 12.3. The van der Waals surface area contributed by atoms with E-state index in [0.717, 1.165) is 24.0 Å². The van der Waals surface area contributed by atoms with Crippen molar-refractivity contribution >= 4 is 11.8 Å². The highest BCUT2D eigenvalue weighted by Crippen LogP contribution is 2.36. The molecule has 3 aromatic carbocycles. The number of aromatic nitrogens is 4. The molecule has 5 aromatic rings. The van der Waals surface area contributed by atoms with Crippen molar-refractivity contribution in [3.05, 3.63) is 131 Å². The molecular weight excluding hydrogens is 618 g/mol. The molecule has 2 aromatic heterocycles. The van der Waals surface area contributed by atoms with Crippen LogP contribution in [0, 0.1) is 0 Å². The third-order valence-corrected chi connectivity index (χ3v) is 8.90. The Morgan fingerprint density at radius 1 is 0.604 bits per heavy atom. The zero-order chi connectivity index (χ0) is 33.0. The van der Waals surface area contributed by atoms with Crippen LogP contribution in [0.1, 0.15) is 80.2 Å². The van der Waals surface area contributed by atoms with Gasteiger partial charge in [-0.3, -0.25) is 9.59 Å². The molecule has 7 rings (SSSR count). The van der Waals surface area contributed by atoms with Crippen molar-refractivity contribution in [2.75, 3.05) is 13.1 Å². The smallest absolute Gasteiger partial charge is 0.254 e. The van der Waals surface area contributed by atoms with E-state index in [1.807, 2.05) is 60.7 Å². The molecule has 0 saturated carbocycles. The van der Waals surface area contributed by atoms with Gasteiger partial charge >= 0.3 is 0 Å². The standard InChI is InChI=1S/C36H34F2N6O4/c37-27-19-29(33-39-31(41-47-33)17-11-23-7-3-1-4-8-23)43(21-27)35(45)25-13-15-26(16-14-25)36(46)44-22-28(38)20-30(44)34-40-32(42-48-34)18-12-24-9-5-2-6-10-24/h1-10,13-16,27-30H,11-12,17-22H2/t27-,28-,29+,30+/m1/s1. The molecule has 0 unspecified atom stereocenters. The van der Waals surface area contributed by atoms with Crippen molar-refractivity contribution < 1.29 is 27.4 Å². The van der Waals surface area contributed by atoms with Gasteiger partial charge in [-0.2, -0.15) is 9.97 Å².